The second kappa shape index (κ2) is 7.60. The van der Waals surface area contributed by atoms with E-state index in [1.165, 1.54) is 30.6 Å². The van der Waals surface area contributed by atoms with Gasteiger partial charge in [-0.15, -0.1) is 0 Å². The third kappa shape index (κ3) is 4.85. The number of rotatable bonds is 5. The number of benzene rings is 1. The number of carbonyl (C=O) groups is 1. The van der Waals surface area contributed by atoms with E-state index >= 15 is 0 Å². The monoisotopic (exact) mass is 288 g/mol. The van der Waals surface area contributed by atoms with Crippen LogP contribution in [0.2, 0.25) is 0 Å². The van der Waals surface area contributed by atoms with Gasteiger partial charge in [-0.1, -0.05) is 45.0 Å². The minimum atomic E-state index is 0.116. The molecule has 2 atom stereocenters. The van der Waals surface area contributed by atoms with Crippen LogP contribution in [0.25, 0.3) is 0 Å². The molecule has 1 N–H and O–H groups in total. The molecule has 1 aliphatic heterocycles. The van der Waals surface area contributed by atoms with E-state index in [-0.39, 0.29) is 5.91 Å². The molecule has 0 radical (unpaired) electrons. The summed E-state index contributed by atoms with van der Waals surface area (Å²) >= 11 is 0. The van der Waals surface area contributed by atoms with Gasteiger partial charge in [-0.2, -0.15) is 0 Å². The molecule has 0 unspecified atom stereocenters. The Balaban J connectivity index is 2.00. The lowest BCUT2D eigenvalue weighted by atomic mass is 9.91. The Kier molecular flexibility index (Phi) is 5.80. The van der Waals surface area contributed by atoms with E-state index in [0.29, 0.717) is 13.0 Å². The predicted molar refractivity (Wildman–Crippen MR) is 86.8 cm³/mol. The molecule has 1 aliphatic rings. The number of nitrogens with zero attached hydrogens (tertiary/aromatic N) is 1. The van der Waals surface area contributed by atoms with Gasteiger partial charge in [0.25, 0.3) is 0 Å². The highest BCUT2D eigenvalue weighted by Crippen LogP contribution is 2.23. The smallest absolute Gasteiger partial charge is 0.219 e. The summed E-state index contributed by atoms with van der Waals surface area (Å²) in [6.45, 7) is 10.6. The van der Waals surface area contributed by atoms with E-state index in [0.717, 1.165) is 18.4 Å². The largest absolute Gasteiger partial charge is 0.352 e. The molecule has 0 aliphatic carbocycles. The number of carbonyl (C=O) groups excluding carboxylic acids is 1. The van der Waals surface area contributed by atoms with Gasteiger partial charge in [-0.3, -0.25) is 9.69 Å². The van der Waals surface area contributed by atoms with Crippen LogP contribution in [0.4, 0.5) is 0 Å². The number of hydrogen-bond acceptors (Lipinski definition) is 2. The molecular weight excluding hydrogens is 260 g/mol. The van der Waals surface area contributed by atoms with Crippen LogP contribution in [0, 0.1) is 11.8 Å². The Bertz CT molecular complexity index is 462. The molecule has 0 saturated carbocycles. The third-order valence-electron chi connectivity index (χ3n) is 4.25. The molecule has 116 valence electrons. The van der Waals surface area contributed by atoms with Crippen molar-refractivity contribution in [3.05, 3.63) is 35.4 Å². The molecule has 0 spiro atoms. The number of likely N-dealkylation sites (tertiary alicyclic amines) is 1. The van der Waals surface area contributed by atoms with Crippen molar-refractivity contribution in [3.8, 4) is 0 Å². The quantitative estimate of drug-likeness (QED) is 0.902. The maximum atomic E-state index is 11.5. The third-order valence-corrected chi connectivity index (χ3v) is 4.25. The molecule has 3 heteroatoms. The second-order valence-corrected chi connectivity index (χ2v) is 6.54. The van der Waals surface area contributed by atoms with Gasteiger partial charge in [-0.05, 0) is 29.4 Å². The number of nitrogens with one attached hydrogen (secondary N) is 1. The normalized spacial score (nSPS) is 23.0. The van der Waals surface area contributed by atoms with Gasteiger partial charge < -0.3 is 5.32 Å². The molecule has 21 heavy (non-hydrogen) atoms. The van der Waals surface area contributed by atoms with Gasteiger partial charge in [0, 0.05) is 32.6 Å². The molecule has 2 rings (SSSR count). The fraction of sp³-hybridized carbons (Fsp3) is 0.611. The van der Waals surface area contributed by atoms with Crippen molar-refractivity contribution in [2.24, 2.45) is 11.8 Å². The van der Waals surface area contributed by atoms with Crippen LogP contribution in [0.1, 0.15) is 44.7 Å². The maximum Gasteiger partial charge on any atom is 0.219 e. The average molecular weight is 288 g/mol. The minimum Gasteiger partial charge on any atom is -0.352 e. The summed E-state index contributed by atoms with van der Waals surface area (Å²) < 4.78 is 0. The lowest BCUT2D eigenvalue weighted by Crippen LogP contribution is -2.38. The zero-order chi connectivity index (χ0) is 15.2. The van der Waals surface area contributed by atoms with Crippen molar-refractivity contribution in [2.45, 2.75) is 46.7 Å². The van der Waals surface area contributed by atoms with Crippen LogP contribution in [-0.4, -0.2) is 23.9 Å². The summed E-state index contributed by atoms with van der Waals surface area (Å²) in [7, 11) is 0. The summed E-state index contributed by atoms with van der Waals surface area (Å²) in [5.74, 6) is 1.67. The highest BCUT2D eigenvalue weighted by atomic mass is 16.1. The first-order valence-electron chi connectivity index (χ1n) is 8.14. The van der Waals surface area contributed by atoms with Gasteiger partial charge in [0.1, 0.15) is 0 Å². The lowest BCUT2D eigenvalue weighted by Gasteiger charge is -2.35. The molecule has 3 nitrogen and oxygen atoms in total. The molecule has 1 saturated heterocycles. The zero-order valence-corrected chi connectivity index (χ0v) is 13.6. The molecule has 1 aromatic rings. The standard InChI is InChI=1S/C18H28N2O/c1-4-18(21)19-10-16-7-5-6-8-17(16)13-20-11-14(2)9-15(3)12-20/h5-8,14-15H,4,9-13H2,1-3H3,(H,19,21)/t14-,15+. The molecule has 1 amide bonds. The summed E-state index contributed by atoms with van der Waals surface area (Å²) in [6.07, 6.45) is 1.88. The molecule has 1 aromatic carbocycles. The Morgan fingerprint density at radius 3 is 2.43 bits per heavy atom. The fourth-order valence-corrected chi connectivity index (χ4v) is 3.37. The van der Waals surface area contributed by atoms with Crippen molar-refractivity contribution in [2.75, 3.05) is 13.1 Å². The maximum absolute atomic E-state index is 11.5. The van der Waals surface area contributed by atoms with Crippen LogP contribution >= 0.6 is 0 Å². The van der Waals surface area contributed by atoms with Crippen molar-refractivity contribution in [1.82, 2.24) is 10.2 Å². The Hall–Kier alpha value is -1.35. The second-order valence-electron chi connectivity index (χ2n) is 6.54. The van der Waals surface area contributed by atoms with Crippen LogP contribution in [0.15, 0.2) is 24.3 Å². The Labute approximate surface area is 128 Å². The van der Waals surface area contributed by atoms with E-state index in [9.17, 15) is 4.79 Å². The highest BCUT2D eigenvalue weighted by Gasteiger charge is 2.22. The van der Waals surface area contributed by atoms with Crippen LogP contribution in [0.3, 0.4) is 0 Å². The Morgan fingerprint density at radius 1 is 1.19 bits per heavy atom. The topological polar surface area (TPSA) is 32.3 Å². The highest BCUT2D eigenvalue weighted by molar-refractivity contribution is 5.75. The summed E-state index contributed by atoms with van der Waals surface area (Å²) in [5, 5.41) is 2.99. The molecule has 1 fully saturated rings. The van der Waals surface area contributed by atoms with Crippen LogP contribution in [0.5, 0.6) is 0 Å². The van der Waals surface area contributed by atoms with Gasteiger partial charge in [-0.25, -0.2) is 0 Å². The molecular formula is C18H28N2O. The van der Waals surface area contributed by atoms with Gasteiger partial charge >= 0.3 is 0 Å². The van der Waals surface area contributed by atoms with Gasteiger partial charge in [0.05, 0.1) is 0 Å². The Morgan fingerprint density at radius 2 is 1.81 bits per heavy atom. The summed E-state index contributed by atoms with van der Waals surface area (Å²) in [6, 6.07) is 8.47. The number of amides is 1. The van der Waals surface area contributed by atoms with E-state index < -0.39 is 0 Å². The SMILES string of the molecule is CCC(=O)NCc1ccccc1CN1C[C@H](C)C[C@H](C)C1. The lowest BCUT2D eigenvalue weighted by molar-refractivity contribution is -0.120. The minimum absolute atomic E-state index is 0.116. The zero-order valence-electron chi connectivity index (χ0n) is 13.6. The first-order valence-corrected chi connectivity index (χ1v) is 8.14. The first-order chi connectivity index (χ1) is 10.1. The van der Waals surface area contributed by atoms with Crippen molar-refractivity contribution in [1.29, 1.82) is 0 Å². The number of piperidine rings is 1. The van der Waals surface area contributed by atoms with Crippen molar-refractivity contribution < 1.29 is 4.79 Å². The van der Waals surface area contributed by atoms with Crippen molar-refractivity contribution in [3.63, 3.8) is 0 Å². The average Bonchev–Trinajstić information content (AvgIpc) is 2.45. The van der Waals surface area contributed by atoms with Crippen LogP contribution in [-0.2, 0) is 17.9 Å². The van der Waals surface area contributed by atoms with E-state index in [4.69, 9.17) is 0 Å². The summed E-state index contributed by atoms with van der Waals surface area (Å²) in [5.41, 5.74) is 2.58. The van der Waals surface area contributed by atoms with E-state index in [1.54, 1.807) is 0 Å². The van der Waals surface area contributed by atoms with Gasteiger partial charge in [0.15, 0.2) is 0 Å². The summed E-state index contributed by atoms with van der Waals surface area (Å²) in [4.78, 5) is 14.0. The van der Waals surface area contributed by atoms with E-state index in [1.807, 2.05) is 6.92 Å². The molecule has 0 aromatic heterocycles. The molecule has 0 bridgehead atoms. The van der Waals surface area contributed by atoms with Crippen LogP contribution < -0.4 is 5.32 Å². The van der Waals surface area contributed by atoms with Gasteiger partial charge in [0.2, 0.25) is 5.91 Å². The number of hydrogen-bond donors (Lipinski definition) is 1. The fourth-order valence-electron chi connectivity index (χ4n) is 3.37. The predicted octanol–water partition coefficient (Wildman–Crippen LogP) is 3.19. The first kappa shape index (κ1) is 16.0. The molecule has 1 heterocycles. The van der Waals surface area contributed by atoms with Crippen molar-refractivity contribution >= 4 is 5.91 Å². The van der Waals surface area contributed by atoms with E-state index in [2.05, 4.69) is 48.3 Å².